The summed E-state index contributed by atoms with van der Waals surface area (Å²) in [5, 5.41) is 11.6. The van der Waals surface area contributed by atoms with E-state index in [1.807, 2.05) is 30.3 Å². The Morgan fingerprint density at radius 1 is 0.853 bits per heavy atom. The van der Waals surface area contributed by atoms with E-state index in [9.17, 15) is 9.59 Å². The first-order valence-corrected chi connectivity index (χ1v) is 10.3. The quantitative estimate of drug-likeness (QED) is 0.523. The molecule has 5 rings (SSSR count). The molecular formula is C23H21N5O6. The molecule has 3 heterocycles. The molecule has 2 aromatic carbocycles. The lowest BCUT2D eigenvalue weighted by Crippen LogP contribution is -2.45. The first-order chi connectivity index (χ1) is 16.5. The number of methoxy groups -OCH3 is 4. The number of carbonyl (C=O) groups is 2. The summed E-state index contributed by atoms with van der Waals surface area (Å²) >= 11 is 0. The molecule has 0 amide bonds. The molecule has 0 N–H and O–H groups in total. The fourth-order valence-corrected chi connectivity index (χ4v) is 4.30. The zero-order valence-corrected chi connectivity index (χ0v) is 18.9. The standard InChI is InChI=1S/C23H21N5O6/c1-31-14-7-5-13(6-8-14)19-18(21(29)33-3)20(22(30)34-4)28-23-25-24-12-26(23)16-10-9-15(32-2)11-17(16)27(19)28/h5-12,19H,1-4H3. The van der Waals surface area contributed by atoms with Crippen LogP contribution in [0.2, 0.25) is 0 Å². The van der Waals surface area contributed by atoms with Crippen LogP contribution < -0.4 is 19.5 Å². The molecule has 0 saturated carbocycles. The third-order valence-corrected chi connectivity index (χ3v) is 5.82. The van der Waals surface area contributed by atoms with Gasteiger partial charge in [0.05, 0.1) is 45.4 Å². The Morgan fingerprint density at radius 3 is 2.18 bits per heavy atom. The summed E-state index contributed by atoms with van der Waals surface area (Å²) in [5.74, 6) is 0.162. The highest BCUT2D eigenvalue weighted by atomic mass is 16.5. The fourth-order valence-electron chi connectivity index (χ4n) is 4.30. The molecule has 174 valence electrons. The average molecular weight is 463 g/mol. The van der Waals surface area contributed by atoms with Gasteiger partial charge in [-0.15, -0.1) is 10.2 Å². The van der Waals surface area contributed by atoms with Gasteiger partial charge in [-0.05, 0) is 29.8 Å². The lowest BCUT2D eigenvalue weighted by Gasteiger charge is -2.40. The number of esters is 2. The lowest BCUT2D eigenvalue weighted by molar-refractivity contribution is -0.139. The van der Waals surface area contributed by atoms with Crippen molar-refractivity contribution in [1.82, 2.24) is 14.8 Å². The molecule has 11 heteroatoms. The Labute approximate surface area is 194 Å². The molecular weight excluding hydrogens is 442 g/mol. The number of fused-ring (bicyclic) bond motifs is 6. The van der Waals surface area contributed by atoms with Crippen LogP contribution in [0.4, 0.5) is 11.6 Å². The minimum atomic E-state index is -0.747. The van der Waals surface area contributed by atoms with E-state index in [4.69, 9.17) is 18.9 Å². The van der Waals surface area contributed by atoms with Crippen LogP contribution in [0.25, 0.3) is 5.69 Å². The van der Waals surface area contributed by atoms with Crippen LogP contribution in [0.3, 0.4) is 0 Å². The van der Waals surface area contributed by atoms with Crippen molar-refractivity contribution in [2.45, 2.75) is 6.04 Å². The normalized spacial score (nSPS) is 15.9. The van der Waals surface area contributed by atoms with E-state index in [0.29, 0.717) is 28.7 Å². The molecule has 1 aromatic heterocycles. The van der Waals surface area contributed by atoms with Gasteiger partial charge in [-0.2, -0.15) is 0 Å². The van der Waals surface area contributed by atoms with E-state index >= 15 is 0 Å². The van der Waals surface area contributed by atoms with Gasteiger partial charge in [0.1, 0.15) is 23.9 Å². The maximum absolute atomic E-state index is 13.1. The van der Waals surface area contributed by atoms with E-state index in [1.54, 1.807) is 35.9 Å². The van der Waals surface area contributed by atoms with Crippen molar-refractivity contribution in [2.75, 3.05) is 38.5 Å². The Hall–Kier alpha value is -4.54. The zero-order valence-electron chi connectivity index (χ0n) is 18.9. The van der Waals surface area contributed by atoms with E-state index in [0.717, 1.165) is 5.69 Å². The van der Waals surface area contributed by atoms with Gasteiger partial charge in [0.25, 0.3) is 5.95 Å². The van der Waals surface area contributed by atoms with Crippen LogP contribution in [-0.4, -0.2) is 55.1 Å². The molecule has 2 aliphatic heterocycles. The fraction of sp³-hybridized carbons (Fsp3) is 0.217. The third-order valence-electron chi connectivity index (χ3n) is 5.82. The molecule has 0 fully saturated rings. The van der Waals surface area contributed by atoms with Gasteiger partial charge < -0.3 is 18.9 Å². The summed E-state index contributed by atoms with van der Waals surface area (Å²) in [6.45, 7) is 0. The predicted octanol–water partition coefficient (Wildman–Crippen LogP) is 2.18. The van der Waals surface area contributed by atoms with E-state index in [-0.39, 0.29) is 11.3 Å². The Kier molecular flexibility index (Phi) is 5.08. The SMILES string of the molecule is COC(=O)C1=C(C(=O)OC)N2c3nncn3-c3ccc(OC)cc3N2C1c1ccc(OC)cc1. The first kappa shape index (κ1) is 21.3. The van der Waals surface area contributed by atoms with Gasteiger partial charge in [-0.25, -0.2) is 14.6 Å². The van der Waals surface area contributed by atoms with Crippen LogP contribution in [-0.2, 0) is 19.1 Å². The molecule has 0 radical (unpaired) electrons. The number of benzene rings is 2. The molecule has 11 nitrogen and oxygen atoms in total. The van der Waals surface area contributed by atoms with Crippen molar-refractivity contribution >= 4 is 23.6 Å². The molecule has 34 heavy (non-hydrogen) atoms. The first-order valence-electron chi connectivity index (χ1n) is 10.3. The van der Waals surface area contributed by atoms with Gasteiger partial charge in [0, 0.05) is 6.07 Å². The van der Waals surface area contributed by atoms with Crippen LogP contribution in [0, 0.1) is 0 Å². The number of aromatic nitrogens is 3. The third kappa shape index (κ3) is 2.97. The van der Waals surface area contributed by atoms with Gasteiger partial charge in [-0.3, -0.25) is 9.58 Å². The maximum Gasteiger partial charge on any atom is 0.357 e. The van der Waals surface area contributed by atoms with E-state index in [2.05, 4.69) is 10.2 Å². The number of carbonyl (C=O) groups excluding carboxylic acids is 2. The Morgan fingerprint density at radius 2 is 1.53 bits per heavy atom. The minimum absolute atomic E-state index is 0.0158. The van der Waals surface area contributed by atoms with Crippen molar-refractivity contribution in [3.63, 3.8) is 0 Å². The predicted molar refractivity (Wildman–Crippen MR) is 120 cm³/mol. The highest BCUT2D eigenvalue weighted by Crippen LogP contribution is 2.51. The molecule has 1 unspecified atom stereocenters. The number of nitrogens with zero attached hydrogens (tertiary/aromatic N) is 5. The second-order valence-corrected chi connectivity index (χ2v) is 7.43. The largest absolute Gasteiger partial charge is 0.497 e. The van der Waals surface area contributed by atoms with Gasteiger partial charge >= 0.3 is 11.9 Å². The summed E-state index contributed by atoms with van der Waals surface area (Å²) in [6.07, 6.45) is 1.53. The molecule has 0 spiro atoms. The van der Waals surface area contributed by atoms with Crippen molar-refractivity contribution < 1.29 is 28.5 Å². The molecule has 0 aliphatic carbocycles. The highest BCUT2D eigenvalue weighted by Gasteiger charge is 2.51. The summed E-state index contributed by atoms with van der Waals surface area (Å²) in [7, 11) is 5.65. The van der Waals surface area contributed by atoms with Crippen molar-refractivity contribution in [1.29, 1.82) is 0 Å². The Balaban J connectivity index is 1.83. The average Bonchev–Trinajstić information content (AvgIpc) is 3.51. The zero-order chi connectivity index (χ0) is 24.0. The summed E-state index contributed by atoms with van der Waals surface area (Å²) in [6, 6.07) is 12.0. The minimum Gasteiger partial charge on any atom is -0.497 e. The Bertz CT molecular complexity index is 1320. The second kappa shape index (κ2) is 8.10. The number of anilines is 2. The van der Waals surface area contributed by atoms with Crippen molar-refractivity contribution in [3.8, 4) is 17.2 Å². The number of ether oxygens (including phenoxy) is 4. The van der Waals surface area contributed by atoms with Gasteiger partial charge in [0.15, 0.2) is 5.70 Å². The van der Waals surface area contributed by atoms with Gasteiger partial charge in [-0.1, -0.05) is 12.1 Å². The topological polar surface area (TPSA) is 108 Å². The summed E-state index contributed by atoms with van der Waals surface area (Å²) < 4.78 is 22.7. The number of hydrogen-bond acceptors (Lipinski definition) is 10. The summed E-state index contributed by atoms with van der Waals surface area (Å²) in [4.78, 5) is 26.2. The lowest BCUT2D eigenvalue weighted by atomic mass is 9.97. The highest BCUT2D eigenvalue weighted by molar-refractivity contribution is 6.07. The van der Waals surface area contributed by atoms with Crippen LogP contribution in [0.1, 0.15) is 11.6 Å². The molecule has 2 aliphatic rings. The number of hydrogen-bond donors (Lipinski definition) is 0. The molecule has 0 saturated heterocycles. The molecule has 3 aromatic rings. The smallest absolute Gasteiger partial charge is 0.357 e. The van der Waals surface area contributed by atoms with Crippen molar-refractivity contribution in [2.24, 2.45) is 0 Å². The maximum atomic E-state index is 13.1. The van der Waals surface area contributed by atoms with Gasteiger partial charge in [0.2, 0.25) is 0 Å². The van der Waals surface area contributed by atoms with E-state index in [1.165, 1.54) is 25.6 Å². The number of rotatable bonds is 5. The van der Waals surface area contributed by atoms with Crippen LogP contribution in [0.15, 0.2) is 60.1 Å². The van der Waals surface area contributed by atoms with Crippen molar-refractivity contribution in [3.05, 3.63) is 65.6 Å². The number of hydrazine groups is 1. The summed E-state index contributed by atoms with van der Waals surface area (Å²) in [5.41, 5.74) is 2.20. The molecule has 1 atom stereocenters. The molecule has 0 bridgehead atoms. The monoisotopic (exact) mass is 463 g/mol. The van der Waals surface area contributed by atoms with E-state index < -0.39 is 18.0 Å². The van der Waals surface area contributed by atoms with Crippen LogP contribution in [0.5, 0.6) is 11.5 Å². The van der Waals surface area contributed by atoms with Crippen LogP contribution >= 0.6 is 0 Å². The second-order valence-electron chi connectivity index (χ2n) is 7.43.